The molecule has 0 saturated carbocycles. The summed E-state index contributed by atoms with van der Waals surface area (Å²) in [6.45, 7) is 1.41. The molecule has 1 N–H and O–H groups in total. The number of H-pyrrole nitrogens is 1. The van der Waals surface area contributed by atoms with Crippen LogP contribution in [-0.2, 0) is 25.8 Å². The van der Waals surface area contributed by atoms with Crippen LogP contribution in [0.3, 0.4) is 0 Å². The van der Waals surface area contributed by atoms with Crippen molar-refractivity contribution in [3.63, 3.8) is 0 Å². The summed E-state index contributed by atoms with van der Waals surface area (Å²) in [6, 6.07) is 12.5. The number of sulfone groups is 1. The predicted octanol–water partition coefficient (Wildman–Crippen LogP) is 2.35. The van der Waals surface area contributed by atoms with E-state index in [1.807, 2.05) is 30.3 Å². The monoisotopic (exact) mass is 321 g/mol. The summed E-state index contributed by atoms with van der Waals surface area (Å²) in [6.07, 6.45) is 2.12. The van der Waals surface area contributed by atoms with Gasteiger partial charge >= 0.3 is 5.97 Å². The third kappa shape index (κ3) is 2.92. The number of benzene rings is 1. The number of aromatic nitrogens is 1. The zero-order valence-electron chi connectivity index (χ0n) is 12.6. The molecule has 2 rings (SSSR count). The Morgan fingerprint density at radius 1 is 1.18 bits per heavy atom. The number of carbonyl (C=O) groups is 1. The van der Waals surface area contributed by atoms with Gasteiger partial charge in [0.2, 0.25) is 9.84 Å². The van der Waals surface area contributed by atoms with E-state index >= 15 is 0 Å². The summed E-state index contributed by atoms with van der Waals surface area (Å²) in [5, 5.41) is 0.0217. The highest BCUT2D eigenvalue weighted by molar-refractivity contribution is 7.93. The highest BCUT2D eigenvalue weighted by atomic mass is 32.2. The largest absolute Gasteiger partial charge is 0.468 e. The van der Waals surface area contributed by atoms with Crippen molar-refractivity contribution in [3.8, 4) is 0 Å². The van der Waals surface area contributed by atoms with E-state index in [2.05, 4.69) is 4.98 Å². The van der Waals surface area contributed by atoms with Crippen LogP contribution in [0.15, 0.2) is 53.7 Å². The maximum Gasteiger partial charge on any atom is 0.327 e. The Balaban J connectivity index is 2.34. The minimum Gasteiger partial charge on any atom is -0.468 e. The van der Waals surface area contributed by atoms with Crippen LogP contribution in [0.5, 0.6) is 0 Å². The van der Waals surface area contributed by atoms with E-state index in [1.165, 1.54) is 26.3 Å². The molecule has 1 unspecified atom stereocenters. The molecule has 0 spiro atoms. The number of aryl methyl sites for hydroxylation is 1. The molecule has 118 valence electrons. The fourth-order valence-electron chi connectivity index (χ4n) is 2.31. The van der Waals surface area contributed by atoms with Crippen LogP contribution in [0.2, 0.25) is 0 Å². The molecule has 0 fully saturated rings. The SMILES string of the molecule is COC(=O)C(C)(CCc1ccccc1)S(=O)(=O)c1ccc[nH]1. The Hall–Kier alpha value is -2.08. The number of carbonyl (C=O) groups excluding carboxylic acids is 1. The lowest BCUT2D eigenvalue weighted by Gasteiger charge is -2.26. The summed E-state index contributed by atoms with van der Waals surface area (Å²) in [4.78, 5) is 14.8. The molecule has 2 aromatic rings. The van der Waals surface area contributed by atoms with E-state index in [0.717, 1.165) is 5.56 Å². The third-order valence-corrected chi connectivity index (χ3v) is 6.19. The zero-order valence-corrected chi connectivity index (χ0v) is 13.4. The first-order valence-electron chi connectivity index (χ1n) is 6.92. The zero-order chi connectivity index (χ0) is 16.2. The minimum atomic E-state index is -3.87. The van der Waals surface area contributed by atoms with Crippen LogP contribution in [0.1, 0.15) is 18.9 Å². The highest BCUT2D eigenvalue weighted by Crippen LogP contribution is 2.30. The molecule has 1 aromatic carbocycles. The molecule has 0 aliphatic carbocycles. The Labute approximate surface area is 130 Å². The number of aromatic amines is 1. The van der Waals surface area contributed by atoms with Gasteiger partial charge in [0, 0.05) is 6.20 Å². The topological polar surface area (TPSA) is 76.2 Å². The normalized spacial score (nSPS) is 14.3. The second-order valence-corrected chi connectivity index (χ2v) is 7.59. The van der Waals surface area contributed by atoms with E-state index < -0.39 is 20.6 Å². The Morgan fingerprint density at radius 3 is 2.41 bits per heavy atom. The van der Waals surface area contributed by atoms with Crippen LogP contribution >= 0.6 is 0 Å². The third-order valence-electron chi connectivity index (χ3n) is 3.80. The first-order chi connectivity index (χ1) is 10.4. The van der Waals surface area contributed by atoms with Crippen molar-refractivity contribution in [3.05, 3.63) is 54.2 Å². The molecule has 0 amide bonds. The molecular formula is C16H19NO4S. The summed E-state index contributed by atoms with van der Waals surface area (Å²) in [7, 11) is -2.67. The maximum atomic E-state index is 12.8. The van der Waals surface area contributed by atoms with Gasteiger partial charge in [-0.05, 0) is 37.5 Å². The summed E-state index contributed by atoms with van der Waals surface area (Å²) in [5.74, 6) is -0.752. The first-order valence-corrected chi connectivity index (χ1v) is 8.40. The van der Waals surface area contributed by atoms with Crippen molar-refractivity contribution >= 4 is 15.8 Å². The van der Waals surface area contributed by atoms with Gasteiger partial charge in [-0.15, -0.1) is 0 Å². The fraction of sp³-hybridized carbons (Fsp3) is 0.312. The van der Waals surface area contributed by atoms with Crippen LogP contribution in [-0.4, -0.2) is 31.2 Å². The molecule has 0 bridgehead atoms. The molecule has 0 aliphatic heterocycles. The fourth-order valence-corrected chi connectivity index (χ4v) is 3.95. The van der Waals surface area contributed by atoms with Crippen molar-refractivity contribution in [1.29, 1.82) is 0 Å². The van der Waals surface area contributed by atoms with Gasteiger partial charge in [0.15, 0.2) is 4.75 Å². The average molecular weight is 321 g/mol. The van der Waals surface area contributed by atoms with Gasteiger partial charge in [-0.2, -0.15) is 0 Å². The number of nitrogens with one attached hydrogen (secondary N) is 1. The van der Waals surface area contributed by atoms with Gasteiger partial charge < -0.3 is 9.72 Å². The molecule has 1 heterocycles. The number of ether oxygens (including phenoxy) is 1. The Kier molecular flexibility index (Phi) is 4.71. The van der Waals surface area contributed by atoms with Gasteiger partial charge in [-0.25, -0.2) is 8.42 Å². The van der Waals surface area contributed by atoms with Crippen molar-refractivity contribution in [1.82, 2.24) is 4.98 Å². The lowest BCUT2D eigenvalue weighted by molar-refractivity contribution is -0.143. The lowest BCUT2D eigenvalue weighted by Crippen LogP contribution is -2.45. The van der Waals surface area contributed by atoms with E-state index in [9.17, 15) is 13.2 Å². The van der Waals surface area contributed by atoms with Crippen LogP contribution in [0.4, 0.5) is 0 Å². The number of hydrogen-bond donors (Lipinski definition) is 1. The van der Waals surface area contributed by atoms with E-state index in [0.29, 0.717) is 6.42 Å². The number of esters is 1. The van der Waals surface area contributed by atoms with Gasteiger partial charge in [0.05, 0.1) is 7.11 Å². The van der Waals surface area contributed by atoms with Gasteiger partial charge in [0.1, 0.15) is 5.03 Å². The number of hydrogen-bond acceptors (Lipinski definition) is 4. The standard InChI is InChI=1S/C16H19NO4S/c1-16(15(18)21-2,11-10-13-7-4-3-5-8-13)22(19,20)14-9-6-12-17-14/h3-9,12,17H,10-11H2,1-2H3. The van der Waals surface area contributed by atoms with Crippen molar-refractivity contribution in [2.24, 2.45) is 0 Å². The molecule has 0 radical (unpaired) electrons. The van der Waals surface area contributed by atoms with Crippen molar-refractivity contribution < 1.29 is 17.9 Å². The van der Waals surface area contributed by atoms with E-state index in [4.69, 9.17) is 4.74 Å². The quantitative estimate of drug-likeness (QED) is 0.829. The lowest BCUT2D eigenvalue weighted by atomic mass is 10.0. The summed E-state index contributed by atoms with van der Waals surface area (Å²) in [5.41, 5.74) is 0.972. The highest BCUT2D eigenvalue weighted by Gasteiger charge is 2.48. The minimum absolute atomic E-state index is 0.0217. The molecule has 5 nitrogen and oxygen atoms in total. The maximum absolute atomic E-state index is 12.8. The van der Waals surface area contributed by atoms with Crippen LogP contribution < -0.4 is 0 Å². The molecular weight excluding hydrogens is 302 g/mol. The van der Waals surface area contributed by atoms with E-state index in [-0.39, 0.29) is 11.4 Å². The van der Waals surface area contributed by atoms with Gasteiger partial charge in [-0.3, -0.25) is 4.79 Å². The average Bonchev–Trinajstić information content (AvgIpc) is 3.07. The van der Waals surface area contributed by atoms with Crippen molar-refractivity contribution in [2.45, 2.75) is 29.5 Å². The summed E-state index contributed by atoms with van der Waals surface area (Å²) >= 11 is 0. The Morgan fingerprint density at radius 2 is 1.86 bits per heavy atom. The predicted molar refractivity (Wildman–Crippen MR) is 83.2 cm³/mol. The first kappa shape index (κ1) is 16.3. The molecule has 6 heteroatoms. The molecule has 0 saturated heterocycles. The van der Waals surface area contributed by atoms with Crippen molar-refractivity contribution in [2.75, 3.05) is 7.11 Å². The van der Waals surface area contributed by atoms with Gasteiger partial charge in [-0.1, -0.05) is 30.3 Å². The smallest absolute Gasteiger partial charge is 0.327 e. The second kappa shape index (κ2) is 6.36. The number of methoxy groups -OCH3 is 1. The van der Waals surface area contributed by atoms with E-state index in [1.54, 1.807) is 6.07 Å². The van der Waals surface area contributed by atoms with Crippen LogP contribution in [0.25, 0.3) is 0 Å². The molecule has 1 aromatic heterocycles. The molecule has 22 heavy (non-hydrogen) atoms. The molecule has 1 atom stereocenters. The summed E-state index contributed by atoms with van der Waals surface area (Å²) < 4.78 is 28.7. The van der Waals surface area contributed by atoms with Gasteiger partial charge in [0.25, 0.3) is 0 Å². The Bertz CT molecular complexity index is 723. The second-order valence-electron chi connectivity index (χ2n) is 5.25. The van der Waals surface area contributed by atoms with Crippen LogP contribution in [0, 0.1) is 0 Å². The number of rotatable bonds is 6. The molecule has 0 aliphatic rings.